The molecule has 7 heteroatoms. The predicted octanol–water partition coefficient (Wildman–Crippen LogP) is 4.99. The first kappa shape index (κ1) is 20.6. The molecule has 1 aromatic heterocycles. The summed E-state index contributed by atoms with van der Waals surface area (Å²) in [6.07, 6.45) is 0.698. The zero-order valence-corrected chi connectivity index (χ0v) is 19.1. The Balaban J connectivity index is 1.64. The van der Waals surface area contributed by atoms with Crippen LogP contribution in [0.4, 0.5) is 11.4 Å². The number of amides is 1. The van der Waals surface area contributed by atoms with Crippen molar-refractivity contribution in [2.24, 2.45) is 0 Å². The van der Waals surface area contributed by atoms with E-state index in [4.69, 9.17) is 0 Å². The second-order valence-corrected chi connectivity index (χ2v) is 10.3. The zero-order chi connectivity index (χ0) is 21.6. The lowest BCUT2D eigenvalue weighted by atomic mass is 10.0. The summed E-state index contributed by atoms with van der Waals surface area (Å²) in [7, 11) is -3.73. The van der Waals surface area contributed by atoms with E-state index in [-0.39, 0.29) is 5.91 Å². The van der Waals surface area contributed by atoms with Gasteiger partial charge in [0, 0.05) is 17.9 Å². The maximum Gasteiger partial charge on any atom is 0.268 e. The highest BCUT2D eigenvalue weighted by atomic mass is 32.2. The van der Waals surface area contributed by atoms with Crippen molar-refractivity contribution in [3.63, 3.8) is 0 Å². The monoisotopic (exact) mass is 440 g/mol. The van der Waals surface area contributed by atoms with E-state index < -0.39 is 10.0 Å². The summed E-state index contributed by atoms with van der Waals surface area (Å²) in [5.41, 5.74) is 5.76. The average Bonchev–Trinajstić information content (AvgIpc) is 3.35. The first-order valence-electron chi connectivity index (χ1n) is 9.77. The molecule has 0 radical (unpaired) electrons. The molecule has 0 fully saturated rings. The normalized spacial score (nSPS) is 13.4. The van der Waals surface area contributed by atoms with Crippen molar-refractivity contribution in [1.82, 2.24) is 0 Å². The molecule has 0 atom stereocenters. The predicted molar refractivity (Wildman–Crippen MR) is 122 cm³/mol. The van der Waals surface area contributed by atoms with Gasteiger partial charge in [0.2, 0.25) is 0 Å². The second-order valence-electron chi connectivity index (χ2n) is 7.72. The largest absolute Gasteiger partial charge is 0.307 e. The second kappa shape index (κ2) is 7.56. The van der Waals surface area contributed by atoms with Crippen molar-refractivity contribution >= 4 is 38.6 Å². The van der Waals surface area contributed by atoms with Gasteiger partial charge in [-0.05, 0) is 91.6 Å². The molecule has 0 bridgehead atoms. The van der Waals surface area contributed by atoms with E-state index in [1.807, 2.05) is 63.4 Å². The summed E-state index contributed by atoms with van der Waals surface area (Å²) in [6, 6.07) is 11.1. The number of carbonyl (C=O) groups is 1. The molecular formula is C23H24N2O3S2. The van der Waals surface area contributed by atoms with Crippen LogP contribution in [0.5, 0.6) is 0 Å². The molecule has 0 aliphatic carbocycles. The smallest absolute Gasteiger partial charge is 0.268 e. The molecule has 30 heavy (non-hydrogen) atoms. The van der Waals surface area contributed by atoms with Crippen LogP contribution in [-0.2, 0) is 16.4 Å². The number of rotatable bonds is 4. The number of hydrogen-bond acceptors (Lipinski definition) is 4. The molecular weight excluding hydrogens is 416 g/mol. The molecule has 0 spiro atoms. The molecule has 1 N–H and O–H groups in total. The average molecular weight is 441 g/mol. The molecule has 0 saturated heterocycles. The SMILES string of the molecule is Cc1cc(C)c(C)c(S(=O)(=O)Nc2ccc3c(c2)CCN3C(=O)c2cccs2)c1C. The van der Waals surface area contributed by atoms with Gasteiger partial charge in [-0.15, -0.1) is 11.3 Å². The number of aryl methyl sites for hydroxylation is 2. The Bertz CT molecular complexity index is 1220. The van der Waals surface area contributed by atoms with Gasteiger partial charge in [-0.3, -0.25) is 9.52 Å². The van der Waals surface area contributed by atoms with Crippen molar-refractivity contribution in [2.45, 2.75) is 39.0 Å². The van der Waals surface area contributed by atoms with Gasteiger partial charge in [0.1, 0.15) is 0 Å². The molecule has 4 rings (SSSR count). The van der Waals surface area contributed by atoms with Crippen LogP contribution >= 0.6 is 11.3 Å². The van der Waals surface area contributed by atoms with Gasteiger partial charge in [-0.25, -0.2) is 8.42 Å². The van der Waals surface area contributed by atoms with Crippen LogP contribution in [0.1, 0.15) is 37.5 Å². The Hall–Kier alpha value is -2.64. The van der Waals surface area contributed by atoms with Gasteiger partial charge < -0.3 is 4.90 Å². The van der Waals surface area contributed by atoms with Gasteiger partial charge in [-0.2, -0.15) is 0 Å². The number of anilines is 2. The van der Waals surface area contributed by atoms with Crippen molar-refractivity contribution in [3.8, 4) is 0 Å². The molecule has 1 aliphatic rings. The van der Waals surface area contributed by atoms with Crippen LogP contribution in [0.15, 0.2) is 46.7 Å². The Morgan fingerprint density at radius 2 is 1.73 bits per heavy atom. The highest BCUT2D eigenvalue weighted by Gasteiger charge is 2.27. The topological polar surface area (TPSA) is 66.5 Å². The minimum Gasteiger partial charge on any atom is -0.307 e. The molecule has 0 unspecified atom stereocenters. The van der Waals surface area contributed by atoms with E-state index >= 15 is 0 Å². The van der Waals surface area contributed by atoms with Gasteiger partial charge in [-0.1, -0.05) is 12.1 Å². The maximum atomic E-state index is 13.2. The lowest BCUT2D eigenvalue weighted by Gasteiger charge is -2.18. The standard InChI is InChI=1S/C23H24N2O3S2/c1-14-12-15(2)17(4)22(16(14)3)30(27,28)24-19-7-8-20-18(13-19)9-10-25(20)23(26)21-6-5-11-29-21/h5-8,11-13,24H,9-10H2,1-4H3. The summed E-state index contributed by atoms with van der Waals surface area (Å²) >= 11 is 1.42. The summed E-state index contributed by atoms with van der Waals surface area (Å²) < 4.78 is 29.1. The number of fused-ring (bicyclic) bond motifs is 1. The number of nitrogens with zero attached hydrogens (tertiary/aromatic N) is 1. The highest BCUT2D eigenvalue weighted by molar-refractivity contribution is 7.92. The van der Waals surface area contributed by atoms with E-state index in [9.17, 15) is 13.2 Å². The number of hydrogen-bond donors (Lipinski definition) is 1. The van der Waals surface area contributed by atoms with Gasteiger partial charge in [0.25, 0.3) is 15.9 Å². The summed E-state index contributed by atoms with van der Waals surface area (Å²) in [4.78, 5) is 15.5. The Labute approximate surface area is 181 Å². The first-order chi connectivity index (χ1) is 14.2. The van der Waals surface area contributed by atoms with Gasteiger partial charge in [0.05, 0.1) is 9.77 Å². The maximum absolute atomic E-state index is 13.2. The van der Waals surface area contributed by atoms with Crippen molar-refractivity contribution in [2.75, 3.05) is 16.2 Å². The molecule has 1 amide bonds. The third-order valence-electron chi connectivity index (χ3n) is 5.77. The van der Waals surface area contributed by atoms with Crippen molar-refractivity contribution < 1.29 is 13.2 Å². The molecule has 3 aromatic rings. The molecule has 2 heterocycles. The lowest BCUT2D eigenvalue weighted by Crippen LogP contribution is -2.28. The summed E-state index contributed by atoms with van der Waals surface area (Å²) in [6.45, 7) is 8.13. The fourth-order valence-electron chi connectivity index (χ4n) is 4.00. The Kier molecular flexibility index (Phi) is 5.20. The van der Waals surface area contributed by atoms with E-state index in [1.54, 1.807) is 11.0 Å². The highest BCUT2D eigenvalue weighted by Crippen LogP contribution is 2.34. The minimum atomic E-state index is -3.73. The Morgan fingerprint density at radius 1 is 1.03 bits per heavy atom. The summed E-state index contributed by atoms with van der Waals surface area (Å²) in [5.74, 6) is -0.0152. The fourth-order valence-corrected chi connectivity index (χ4v) is 6.34. The van der Waals surface area contributed by atoms with Crippen LogP contribution in [0, 0.1) is 27.7 Å². The molecule has 5 nitrogen and oxygen atoms in total. The Morgan fingerprint density at radius 3 is 2.37 bits per heavy atom. The first-order valence-corrected chi connectivity index (χ1v) is 12.1. The molecule has 2 aromatic carbocycles. The number of carbonyl (C=O) groups excluding carboxylic acids is 1. The van der Waals surface area contributed by atoms with Crippen LogP contribution in [-0.4, -0.2) is 20.9 Å². The van der Waals surface area contributed by atoms with Crippen LogP contribution < -0.4 is 9.62 Å². The van der Waals surface area contributed by atoms with Crippen LogP contribution in [0.2, 0.25) is 0 Å². The molecule has 1 aliphatic heterocycles. The van der Waals surface area contributed by atoms with Gasteiger partial charge >= 0.3 is 0 Å². The number of thiophene rings is 1. The third-order valence-corrected chi connectivity index (χ3v) is 8.28. The van der Waals surface area contributed by atoms with Crippen molar-refractivity contribution in [3.05, 3.63) is 74.5 Å². The molecule has 0 saturated carbocycles. The lowest BCUT2D eigenvalue weighted by molar-refractivity contribution is 0.0993. The summed E-state index contributed by atoms with van der Waals surface area (Å²) in [5, 5.41) is 1.89. The van der Waals surface area contributed by atoms with Gasteiger partial charge in [0.15, 0.2) is 0 Å². The van der Waals surface area contributed by atoms with Crippen LogP contribution in [0.3, 0.4) is 0 Å². The number of benzene rings is 2. The van der Waals surface area contributed by atoms with E-state index in [0.29, 0.717) is 28.4 Å². The quantitative estimate of drug-likeness (QED) is 0.622. The number of sulfonamides is 1. The molecule has 156 valence electrons. The minimum absolute atomic E-state index is 0.0152. The van der Waals surface area contributed by atoms with E-state index in [1.165, 1.54) is 11.3 Å². The zero-order valence-electron chi connectivity index (χ0n) is 17.4. The fraction of sp³-hybridized carbons (Fsp3) is 0.261. The number of nitrogens with one attached hydrogen (secondary N) is 1. The van der Waals surface area contributed by atoms with E-state index in [2.05, 4.69) is 4.72 Å². The van der Waals surface area contributed by atoms with Crippen LogP contribution in [0.25, 0.3) is 0 Å². The third kappa shape index (κ3) is 3.52. The van der Waals surface area contributed by atoms with E-state index in [0.717, 1.165) is 33.5 Å². The van der Waals surface area contributed by atoms with Crippen molar-refractivity contribution in [1.29, 1.82) is 0 Å².